The number of fused-ring (bicyclic) bond motifs is 2. The van der Waals surface area contributed by atoms with Gasteiger partial charge in [0.05, 0.1) is 4.90 Å². The third-order valence-corrected chi connectivity index (χ3v) is 7.24. The molecule has 0 spiro atoms. The maximum absolute atomic E-state index is 13.2. The number of benzene rings is 2. The summed E-state index contributed by atoms with van der Waals surface area (Å²) in [6.45, 7) is 6.14. The predicted molar refractivity (Wildman–Crippen MR) is 107 cm³/mol. The van der Waals surface area contributed by atoms with Crippen molar-refractivity contribution >= 4 is 20.9 Å². The van der Waals surface area contributed by atoms with E-state index in [4.69, 9.17) is 0 Å². The predicted octanol–water partition coefficient (Wildman–Crippen LogP) is 3.20. The molecule has 140 valence electrons. The van der Waals surface area contributed by atoms with Crippen LogP contribution < -0.4 is 5.43 Å². The van der Waals surface area contributed by atoms with Crippen LogP contribution in [0.5, 0.6) is 0 Å². The molecule has 0 amide bonds. The average molecular weight is 382 g/mol. The molecule has 6 heteroatoms. The fourth-order valence-corrected chi connectivity index (χ4v) is 5.41. The van der Waals surface area contributed by atoms with E-state index in [1.54, 1.807) is 19.1 Å². The van der Waals surface area contributed by atoms with Gasteiger partial charge in [-0.3, -0.25) is 4.79 Å². The zero-order chi connectivity index (χ0) is 19.3. The SMILES string of the molecule is Cc1ccc(S(=O)(=O)N2CCc3[nH]c4ccc(C)cc4c(=O)c3C2)c(C)c1. The second-order valence-corrected chi connectivity index (χ2v) is 9.22. The van der Waals surface area contributed by atoms with Crippen LogP contribution in [0.1, 0.15) is 27.9 Å². The standard InChI is InChI=1S/C21H22N2O3S/c1-13-5-7-20(15(3)10-13)27(25,26)23-9-8-19-17(12-23)21(24)16-11-14(2)4-6-18(16)22-19/h4-7,10-11H,8-9,12H2,1-3H3,(H,22,24). The highest BCUT2D eigenvalue weighted by atomic mass is 32.2. The van der Waals surface area contributed by atoms with Crippen LogP contribution in [0.2, 0.25) is 0 Å². The van der Waals surface area contributed by atoms with Gasteiger partial charge in [0, 0.05) is 41.7 Å². The minimum atomic E-state index is -3.65. The summed E-state index contributed by atoms with van der Waals surface area (Å²) in [4.78, 5) is 16.6. The smallest absolute Gasteiger partial charge is 0.243 e. The Labute approximate surface area is 158 Å². The van der Waals surface area contributed by atoms with Gasteiger partial charge < -0.3 is 4.98 Å². The minimum absolute atomic E-state index is 0.0806. The lowest BCUT2D eigenvalue weighted by Crippen LogP contribution is -2.39. The highest BCUT2D eigenvalue weighted by molar-refractivity contribution is 7.89. The molecule has 2 heterocycles. The van der Waals surface area contributed by atoms with E-state index >= 15 is 0 Å². The maximum Gasteiger partial charge on any atom is 0.243 e. The summed E-state index contributed by atoms with van der Waals surface area (Å²) in [5, 5.41) is 0.611. The molecule has 0 saturated carbocycles. The topological polar surface area (TPSA) is 70.2 Å². The van der Waals surface area contributed by atoms with Crippen molar-refractivity contribution in [1.82, 2.24) is 9.29 Å². The molecule has 0 fully saturated rings. The molecule has 1 aromatic heterocycles. The number of sulfonamides is 1. The normalized spacial score (nSPS) is 15.1. The number of nitrogens with one attached hydrogen (secondary N) is 1. The molecule has 0 atom stereocenters. The molecule has 2 aromatic carbocycles. The Morgan fingerprint density at radius 2 is 1.70 bits per heavy atom. The van der Waals surface area contributed by atoms with Gasteiger partial charge in [0.15, 0.2) is 5.43 Å². The number of aromatic nitrogens is 1. The zero-order valence-corrected chi connectivity index (χ0v) is 16.5. The molecule has 3 aromatic rings. The summed E-state index contributed by atoms with van der Waals surface area (Å²) in [6, 6.07) is 11.1. The first-order valence-electron chi connectivity index (χ1n) is 8.99. The van der Waals surface area contributed by atoms with Crippen LogP contribution in [0.3, 0.4) is 0 Å². The molecule has 1 N–H and O–H groups in total. The molecular formula is C21H22N2O3S. The summed E-state index contributed by atoms with van der Waals surface area (Å²) >= 11 is 0. The Balaban J connectivity index is 1.79. The second kappa shape index (κ2) is 6.32. The fraction of sp³-hybridized carbons (Fsp3) is 0.286. The van der Waals surface area contributed by atoms with Crippen molar-refractivity contribution in [2.24, 2.45) is 0 Å². The number of aromatic amines is 1. The third-order valence-electron chi connectivity index (χ3n) is 5.24. The van der Waals surface area contributed by atoms with Crippen LogP contribution in [0.25, 0.3) is 10.9 Å². The van der Waals surface area contributed by atoms with Crippen LogP contribution in [-0.4, -0.2) is 24.3 Å². The number of aryl methyl sites for hydroxylation is 3. The molecule has 1 aliphatic rings. The van der Waals surface area contributed by atoms with Crippen LogP contribution >= 0.6 is 0 Å². The van der Waals surface area contributed by atoms with Gasteiger partial charge in [-0.15, -0.1) is 0 Å². The summed E-state index contributed by atoms with van der Waals surface area (Å²) in [7, 11) is -3.65. The van der Waals surface area contributed by atoms with E-state index in [1.807, 2.05) is 38.1 Å². The fourth-order valence-electron chi connectivity index (χ4n) is 3.80. The Hall–Kier alpha value is -2.44. The van der Waals surface area contributed by atoms with E-state index in [0.29, 0.717) is 28.8 Å². The number of hydrogen-bond donors (Lipinski definition) is 1. The quantitative estimate of drug-likeness (QED) is 0.740. The van der Waals surface area contributed by atoms with E-state index in [2.05, 4.69) is 4.98 Å². The monoisotopic (exact) mass is 382 g/mol. The van der Waals surface area contributed by atoms with Crippen molar-refractivity contribution in [2.45, 2.75) is 38.6 Å². The van der Waals surface area contributed by atoms with Crippen molar-refractivity contribution in [2.75, 3.05) is 6.54 Å². The molecule has 5 nitrogen and oxygen atoms in total. The molecule has 27 heavy (non-hydrogen) atoms. The Morgan fingerprint density at radius 1 is 1.00 bits per heavy atom. The Bertz CT molecular complexity index is 1230. The van der Waals surface area contributed by atoms with Gasteiger partial charge >= 0.3 is 0 Å². The summed E-state index contributed by atoms with van der Waals surface area (Å²) in [6.07, 6.45) is 0.499. The van der Waals surface area contributed by atoms with Gasteiger partial charge in [0.25, 0.3) is 0 Å². The minimum Gasteiger partial charge on any atom is -0.358 e. The first-order valence-corrected chi connectivity index (χ1v) is 10.4. The molecule has 0 aliphatic carbocycles. The van der Waals surface area contributed by atoms with E-state index in [1.165, 1.54) is 4.31 Å². The van der Waals surface area contributed by atoms with Crippen molar-refractivity contribution in [3.05, 3.63) is 74.6 Å². The largest absolute Gasteiger partial charge is 0.358 e. The summed E-state index contributed by atoms with van der Waals surface area (Å²) in [5.41, 5.74) is 4.86. The highest BCUT2D eigenvalue weighted by Crippen LogP contribution is 2.26. The molecule has 0 saturated heterocycles. The zero-order valence-electron chi connectivity index (χ0n) is 15.7. The van der Waals surface area contributed by atoms with E-state index in [0.717, 1.165) is 27.9 Å². The first-order chi connectivity index (χ1) is 12.8. The number of pyridine rings is 1. The lowest BCUT2D eigenvalue weighted by molar-refractivity contribution is 0.387. The Kier molecular flexibility index (Phi) is 4.20. The number of rotatable bonds is 2. The van der Waals surface area contributed by atoms with Crippen molar-refractivity contribution < 1.29 is 8.42 Å². The molecule has 1 aliphatic heterocycles. The van der Waals surface area contributed by atoms with Gasteiger partial charge in [-0.1, -0.05) is 29.3 Å². The van der Waals surface area contributed by atoms with E-state index < -0.39 is 10.0 Å². The molecular weight excluding hydrogens is 360 g/mol. The molecule has 0 radical (unpaired) electrons. The number of nitrogens with zero attached hydrogens (tertiary/aromatic N) is 1. The molecule has 0 bridgehead atoms. The summed E-state index contributed by atoms with van der Waals surface area (Å²) in [5.74, 6) is 0. The van der Waals surface area contributed by atoms with Crippen LogP contribution in [0.4, 0.5) is 0 Å². The number of hydrogen-bond acceptors (Lipinski definition) is 3. The number of H-pyrrole nitrogens is 1. The van der Waals surface area contributed by atoms with Crippen molar-refractivity contribution in [3.8, 4) is 0 Å². The van der Waals surface area contributed by atoms with Crippen molar-refractivity contribution in [3.63, 3.8) is 0 Å². The van der Waals surface area contributed by atoms with Crippen LogP contribution in [0, 0.1) is 20.8 Å². The molecule has 0 unspecified atom stereocenters. The molecule has 4 rings (SSSR count). The van der Waals surface area contributed by atoms with Crippen molar-refractivity contribution in [1.29, 1.82) is 0 Å². The van der Waals surface area contributed by atoms with Gasteiger partial charge in [-0.05, 0) is 44.5 Å². The van der Waals surface area contributed by atoms with Gasteiger partial charge in [0.1, 0.15) is 0 Å². The lowest BCUT2D eigenvalue weighted by atomic mass is 10.0. The third kappa shape index (κ3) is 2.99. The lowest BCUT2D eigenvalue weighted by Gasteiger charge is -2.28. The van der Waals surface area contributed by atoms with Crippen LogP contribution in [-0.2, 0) is 23.0 Å². The van der Waals surface area contributed by atoms with Gasteiger partial charge in [-0.2, -0.15) is 4.31 Å². The summed E-state index contributed by atoms with van der Waals surface area (Å²) < 4.78 is 27.8. The maximum atomic E-state index is 13.2. The van der Waals surface area contributed by atoms with E-state index in [9.17, 15) is 13.2 Å². The second-order valence-electron chi connectivity index (χ2n) is 7.32. The van der Waals surface area contributed by atoms with Gasteiger partial charge in [-0.25, -0.2) is 8.42 Å². The van der Waals surface area contributed by atoms with Crippen LogP contribution in [0.15, 0.2) is 46.1 Å². The van der Waals surface area contributed by atoms with E-state index in [-0.39, 0.29) is 12.0 Å². The first kappa shape index (κ1) is 17.9. The van der Waals surface area contributed by atoms with Gasteiger partial charge in [0.2, 0.25) is 10.0 Å². The highest BCUT2D eigenvalue weighted by Gasteiger charge is 2.31. The average Bonchev–Trinajstić information content (AvgIpc) is 2.62. The Morgan fingerprint density at radius 3 is 2.44 bits per heavy atom.